The first kappa shape index (κ1) is 18.9. The summed E-state index contributed by atoms with van der Waals surface area (Å²) in [6.45, 7) is 0.0899. The number of methoxy groups -OCH3 is 2. The lowest BCUT2D eigenvalue weighted by Gasteiger charge is -2.16. The molecule has 0 spiro atoms. The van der Waals surface area contributed by atoms with Crippen LogP contribution in [0.1, 0.15) is 5.69 Å². The van der Waals surface area contributed by atoms with Crippen molar-refractivity contribution in [1.29, 1.82) is 0 Å². The summed E-state index contributed by atoms with van der Waals surface area (Å²) in [5, 5.41) is 3.30. The van der Waals surface area contributed by atoms with Gasteiger partial charge < -0.3 is 23.9 Å². The number of ether oxygens (including phenoxy) is 3. The third kappa shape index (κ3) is 3.50. The molecule has 0 aliphatic carbocycles. The number of carbonyl (C=O) groups excluding carboxylic acids is 1. The zero-order valence-corrected chi connectivity index (χ0v) is 17.0. The maximum Gasteiger partial charge on any atom is 0.180 e. The highest BCUT2D eigenvalue weighted by molar-refractivity contribution is 5.84. The first-order valence-corrected chi connectivity index (χ1v) is 9.62. The number of carbonyl (C=O) groups is 1. The molecule has 0 amide bonds. The van der Waals surface area contributed by atoms with Gasteiger partial charge in [0.05, 0.1) is 32.0 Å². The lowest BCUT2D eigenvalue weighted by molar-refractivity contribution is -0.121. The second kappa shape index (κ2) is 7.60. The van der Waals surface area contributed by atoms with E-state index in [-0.39, 0.29) is 18.8 Å². The van der Waals surface area contributed by atoms with Gasteiger partial charge in [-0.3, -0.25) is 4.79 Å². The first-order valence-electron chi connectivity index (χ1n) is 9.62. The number of ketones is 1. The van der Waals surface area contributed by atoms with Crippen molar-refractivity contribution < 1.29 is 19.0 Å². The fourth-order valence-corrected chi connectivity index (χ4v) is 3.47. The summed E-state index contributed by atoms with van der Waals surface area (Å²) in [4.78, 5) is 25.5. The van der Waals surface area contributed by atoms with Crippen LogP contribution in [0, 0.1) is 0 Å². The number of anilines is 2. The number of hydrogen-bond donors (Lipinski definition) is 1. The van der Waals surface area contributed by atoms with Gasteiger partial charge in [0.2, 0.25) is 0 Å². The number of hydrogen-bond acceptors (Lipinski definition) is 8. The van der Waals surface area contributed by atoms with Gasteiger partial charge in [0.1, 0.15) is 18.1 Å². The molecule has 0 atom stereocenters. The van der Waals surface area contributed by atoms with E-state index < -0.39 is 0 Å². The molecule has 3 aromatic heterocycles. The quantitative estimate of drug-likeness (QED) is 0.529. The Balaban J connectivity index is 1.55. The van der Waals surface area contributed by atoms with Gasteiger partial charge in [0.25, 0.3) is 0 Å². The molecule has 4 heterocycles. The largest absolute Gasteiger partial charge is 0.493 e. The Morgan fingerprint density at radius 1 is 1.06 bits per heavy atom. The highest BCUT2D eigenvalue weighted by atomic mass is 16.5. The molecule has 0 saturated heterocycles. The summed E-state index contributed by atoms with van der Waals surface area (Å²) < 4.78 is 18.0. The number of rotatable bonds is 5. The summed E-state index contributed by atoms with van der Waals surface area (Å²) in [5.74, 6) is 2.43. The predicted molar refractivity (Wildman–Crippen MR) is 113 cm³/mol. The topological polar surface area (TPSA) is 99.9 Å². The van der Waals surface area contributed by atoms with Gasteiger partial charge >= 0.3 is 0 Å². The van der Waals surface area contributed by atoms with Crippen LogP contribution in [0.5, 0.6) is 17.2 Å². The molecule has 1 aliphatic heterocycles. The second-order valence-corrected chi connectivity index (χ2v) is 6.97. The number of nitrogens with zero attached hydrogens (tertiary/aromatic N) is 4. The van der Waals surface area contributed by atoms with E-state index in [1.807, 2.05) is 47.1 Å². The second-order valence-electron chi connectivity index (χ2n) is 6.97. The van der Waals surface area contributed by atoms with Gasteiger partial charge in [-0.15, -0.1) is 0 Å². The highest BCUT2D eigenvalue weighted by Gasteiger charge is 2.20. The average Bonchev–Trinajstić information content (AvgIpc) is 3.27. The van der Waals surface area contributed by atoms with Crippen LogP contribution in [0.15, 0.2) is 48.9 Å². The predicted octanol–water partition coefficient (Wildman–Crippen LogP) is 3.06. The third-order valence-corrected chi connectivity index (χ3v) is 4.97. The van der Waals surface area contributed by atoms with Gasteiger partial charge in [-0.1, -0.05) is 0 Å². The molecular weight excluding hydrogens is 398 g/mol. The summed E-state index contributed by atoms with van der Waals surface area (Å²) in [5.41, 5.74) is 3.33. The van der Waals surface area contributed by atoms with E-state index in [0.29, 0.717) is 45.8 Å². The van der Waals surface area contributed by atoms with Crippen molar-refractivity contribution in [3.05, 3.63) is 54.6 Å². The van der Waals surface area contributed by atoms with Crippen molar-refractivity contribution >= 4 is 22.9 Å². The van der Waals surface area contributed by atoms with Crippen molar-refractivity contribution in [3.8, 4) is 28.6 Å². The molecule has 0 unspecified atom stereocenters. The van der Waals surface area contributed by atoms with Crippen molar-refractivity contribution in [1.82, 2.24) is 19.4 Å². The minimum atomic E-state index is 0.00554. The number of Topliss-reactive ketones (excluding diaryl/α,β-unsaturated/α-hetero) is 1. The number of nitrogens with one attached hydrogen (secondary N) is 1. The molecule has 1 N–H and O–H groups in total. The van der Waals surface area contributed by atoms with Gasteiger partial charge in [-0.25, -0.2) is 15.0 Å². The fraction of sp³-hybridized carbons (Fsp3) is 0.182. The van der Waals surface area contributed by atoms with Crippen LogP contribution in [0.3, 0.4) is 0 Å². The van der Waals surface area contributed by atoms with Crippen LogP contribution >= 0.6 is 0 Å². The van der Waals surface area contributed by atoms with Crippen LogP contribution in [0.2, 0.25) is 0 Å². The SMILES string of the molecule is COc1ccc(Nc2nc(-c3ccc4c(n3)CC(=O)CO4)cn3ccnc23)cc1OC. The summed E-state index contributed by atoms with van der Waals surface area (Å²) in [6.07, 6.45) is 5.65. The van der Waals surface area contributed by atoms with Crippen LogP contribution < -0.4 is 19.5 Å². The molecule has 31 heavy (non-hydrogen) atoms. The maximum absolute atomic E-state index is 11.7. The van der Waals surface area contributed by atoms with Gasteiger partial charge in [-0.2, -0.15) is 0 Å². The van der Waals surface area contributed by atoms with Crippen molar-refractivity contribution in [2.24, 2.45) is 0 Å². The molecule has 0 bridgehead atoms. The normalized spacial score (nSPS) is 12.9. The number of benzene rings is 1. The van der Waals surface area contributed by atoms with Crippen molar-refractivity contribution in [2.75, 3.05) is 26.1 Å². The summed E-state index contributed by atoms with van der Waals surface area (Å²) in [6, 6.07) is 9.17. The van der Waals surface area contributed by atoms with E-state index in [1.165, 1.54) is 0 Å². The van der Waals surface area contributed by atoms with Crippen molar-refractivity contribution in [3.63, 3.8) is 0 Å². The van der Waals surface area contributed by atoms with E-state index in [1.54, 1.807) is 20.4 Å². The number of aromatic nitrogens is 4. The lowest BCUT2D eigenvalue weighted by Crippen LogP contribution is -2.21. The van der Waals surface area contributed by atoms with E-state index >= 15 is 0 Å². The summed E-state index contributed by atoms with van der Waals surface area (Å²) in [7, 11) is 3.18. The Bertz CT molecular complexity index is 1300. The average molecular weight is 417 g/mol. The van der Waals surface area contributed by atoms with Gasteiger partial charge in [-0.05, 0) is 24.3 Å². The third-order valence-electron chi connectivity index (χ3n) is 4.97. The van der Waals surface area contributed by atoms with Crippen LogP contribution in [0.25, 0.3) is 17.0 Å². The zero-order chi connectivity index (χ0) is 21.4. The Morgan fingerprint density at radius 2 is 1.94 bits per heavy atom. The van der Waals surface area contributed by atoms with E-state index in [9.17, 15) is 4.79 Å². The lowest BCUT2D eigenvalue weighted by atomic mass is 10.1. The Morgan fingerprint density at radius 3 is 2.77 bits per heavy atom. The molecule has 9 heteroatoms. The van der Waals surface area contributed by atoms with Crippen LogP contribution in [-0.4, -0.2) is 46.0 Å². The van der Waals surface area contributed by atoms with Crippen LogP contribution in [-0.2, 0) is 11.2 Å². The molecule has 9 nitrogen and oxygen atoms in total. The van der Waals surface area contributed by atoms with Gasteiger partial charge in [0.15, 0.2) is 28.7 Å². The molecule has 0 radical (unpaired) electrons. The molecular formula is C22H19N5O4. The highest BCUT2D eigenvalue weighted by Crippen LogP contribution is 2.32. The molecule has 0 saturated carbocycles. The maximum atomic E-state index is 11.7. The fourth-order valence-electron chi connectivity index (χ4n) is 3.47. The summed E-state index contributed by atoms with van der Waals surface area (Å²) >= 11 is 0. The first-order chi connectivity index (χ1) is 15.1. The number of pyridine rings is 1. The molecule has 156 valence electrons. The monoisotopic (exact) mass is 417 g/mol. The minimum absolute atomic E-state index is 0.00554. The molecule has 4 aromatic rings. The molecule has 0 fully saturated rings. The zero-order valence-electron chi connectivity index (χ0n) is 17.0. The number of imidazole rings is 1. The Hall–Kier alpha value is -4.14. The minimum Gasteiger partial charge on any atom is -0.493 e. The standard InChI is InChI=1S/C22H19N5O4/c1-29-19-5-3-13(9-20(19)30-2)24-21-22-23-7-8-27(22)11-17(26-21)15-4-6-18-16(25-15)10-14(28)12-31-18/h3-9,11H,10,12H2,1-2H3,(H,24,26). The molecule has 5 rings (SSSR count). The molecule has 1 aliphatic rings. The van der Waals surface area contributed by atoms with E-state index in [0.717, 1.165) is 5.69 Å². The van der Waals surface area contributed by atoms with Crippen LogP contribution in [0.4, 0.5) is 11.5 Å². The number of fused-ring (bicyclic) bond motifs is 2. The Kier molecular flexibility index (Phi) is 4.62. The smallest absolute Gasteiger partial charge is 0.180 e. The Labute approximate surface area is 177 Å². The van der Waals surface area contributed by atoms with E-state index in [4.69, 9.17) is 19.2 Å². The molecule has 1 aromatic carbocycles. The van der Waals surface area contributed by atoms with E-state index in [2.05, 4.69) is 15.3 Å². The van der Waals surface area contributed by atoms with Crippen molar-refractivity contribution in [2.45, 2.75) is 6.42 Å². The van der Waals surface area contributed by atoms with Gasteiger partial charge in [0, 0.05) is 30.3 Å².